The topological polar surface area (TPSA) is 46.2 Å². The lowest BCUT2D eigenvalue weighted by Crippen LogP contribution is -2.14. The molecule has 3 nitrogen and oxygen atoms in total. The molecular formula is C24H23NO2S. The number of aryl methyl sites for hydroxylation is 2. The molecule has 0 saturated heterocycles. The van der Waals surface area contributed by atoms with Gasteiger partial charge < -0.3 is 5.32 Å². The number of carbonyl (C=O) groups is 2. The molecule has 0 aromatic heterocycles. The van der Waals surface area contributed by atoms with Crippen LogP contribution in [0.15, 0.2) is 82.6 Å². The molecule has 0 aliphatic heterocycles. The molecule has 0 saturated carbocycles. The predicted octanol–water partition coefficient (Wildman–Crippen LogP) is 6.06. The summed E-state index contributed by atoms with van der Waals surface area (Å²) in [6, 6.07) is 23.4. The van der Waals surface area contributed by atoms with Crippen LogP contribution in [0.3, 0.4) is 0 Å². The van der Waals surface area contributed by atoms with Crippen molar-refractivity contribution in [3.63, 3.8) is 0 Å². The van der Waals surface area contributed by atoms with Crippen LogP contribution < -0.4 is 5.32 Å². The summed E-state index contributed by atoms with van der Waals surface area (Å²) < 4.78 is 0. The van der Waals surface area contributed by atoms with E-state index in [9.17, 15) is 9.59 Å². The van der Waals surface area contributed by atoms with E-state index in [1.807, 2.05) is 86.6 Å². The van der Waals surface area contributed by atoms with Gasteiger partial charge in [-0.2, -0.15) is 0 Å². The van der Waals surface area contributed by atoms with Crippen molar-refractivity contribution >= 4 is 29.1 Å². The quantitative estimate of drug-likeness (QED) is 0.500. The Morgan fingerprint density at radius 3 is 2.29 bits per heavy atom. The van der Waals surface area contributed by atoms with Gasteiger partial charge >= 0.3 is 0 Å². The lowest BCUT2D eigenvalue weighted by Gasteiger charge is -2.11. The highest BCUT2D eigenvalue weighted by Crippen LogP contribution is 2.33. The Morgan fingerprint density at radius 2 is 1.54 bits per heavy atom. The molecule has 0 heterocycles. The minimum Gasteiger partial charge on any atom is -0.325 e. The molecule has 0 fully saturated rings. The monoisotopic (exact) mass is 389 g/mol. The minimum atomic E-state index is -0.154. The van der Waals surface area contributed by atoms with Gasteiger partial charge in [0.15, 0.2) is 5.78 Å². The summed E-state index contributed by atoms with van der Waals surface area (Å²) in [5.74, 6) is -0.163. The number of hydrogen-bond donors (Lipinski definition) is 1. The number of amides is 1. The van der Waals surface area contributed by atoms with E-state index in [4.69, 9.17) is 0 Å². The first-order valence-electron chi connectivity index (χ1n) is 9.25. The van der Waals surface area contributed by atoms with E-state index >= 15 is 0 Å². The number of anilines is 1. The molecule has 0 spiro atoms. The summed E-state index contributed by atoms with van der Waals surface area (Å²) in [5, 5.41) is 2.95. The summed E-state index contributed by atoms with van der Waals surface area (Å²) in [6.45, 7) is 4.00. The van der Waals surface area contributed by atoms with E-state index in [0.717, 1.165) is 26.6 Å². The van der Waals surface area contributed by atoms with E-state index < -0.39 is 0 Å². The summed E-state index contributed by atoms with van der Waals surface area (Å²) in [7, 11) is 0. The number of Topliss-reactive ketones (excluding diaryl/α,β-unsaturated/α-hetero) is 1. The zero-order chi connectivity index (χ0) is 19.9. The van der Waals surface area contributed by atoms with E-state index in [-0.39, 0.29) is 24.5 Å². The third-order valence-electron chi connectivity index (χ3n) is 4.54. The maximum Gasteiger partial charge on any atom is 0.224 e. The van der Waals surface area contributed by atoms with Crippen LogP contribution in [0.4, 0.5) is 5.69 Å². The lowest BCUT2D eigenvalue weighted by molar-refractivity contribution is -0.116. The van der Waals surface area contributed by atoms with Gasteiger partial charge in [-0.1, -0.05) is 54.2 Å². The predicted molar refractivity (Wildman–Crippen MR) is 115 cm³/mol. The highest BCUT2D eigenvalue weighted by molar-refractivity contribution is 7.99. The SMILES string of the molecule is Cc1ccc(C(=O)CCC(=O)Nc2ccccc2Sc2ccccc2)cc1C. The normalized spacial score (nSPS) is 10.5. The Bertz CT molecular complexity index is 983. The first kappa shape index (κ1) is 19.9. The number of benzene rings is 3. The smallest absolute Gasteiger partial charge is 0.224 e. The highest BCUT2D eigenvalue weighted by atomic mass is 32.2. The second-order valence-electron chi connectivity index (χ2n) is 6.68. The zero-order valence-electron chi connectivity index (χ0n) is 16.1. The number of para-hydroxylation sites is 1. The van der Waals surface area contributed by atoms with E-state index in [1.165, 1.54) is 0 Å². The van der Waals surface area contributed by atoms with Crippen LogP contribution in [0.25, 0.3) is 0 Å². The summed E-state index contributed by atoms with van der Waals surface area (Å²) in [6.07, 6.45) is 0.360. The molecule has 1 N–H and O–H groups in total. The van der Waals surface area contributed by atoms with Crippen molar-refractivity contribution in [2.45, 2.75) is 36.5 Å². The van der Waals surface area contributed by atoms with Gasteiger partial charge in [0.1, 0.15) is 0 Å². The maximum absolute atomic E-state index is 12.4. The standard InChI is InChI=1S/C24H23NO2S/c1-17-12-13-19(16-18(17)2)22(26)14-15-24(27)25-21-10-6-7-11-23(21)28-20-8-4-3-5-9-20/h3-13,16H,14-15H2,1-2H3,(H,25,27). The van der Waals surface area contributed by atoms with Gasteiger partial charge in [-0.3, -0.25) is 9.59 Å². The average Bonchev–Trinajstić information content (AvgIpc) is 2.70. The molecule has 0 aliphatic rings. The lowest BCUT2D eigenvalue weighted by atomic mass is 10.0. The third-order valence-corrected chi connectivity index (χ3v) is 5.62. The van der Waals surface area contributed by atoms with Crippen molar-refractivity contribution in [2.75, 3.05) is 5.32 Å². The molecule has 0 unspecified atom stereocenters. The third kappa shape index (κ3) is 5.33. The summed E-state index contributed by atoms with van der Waals surface area (Å²) in [4.78, 5) is 26.9. The van der Waals surface area contributed by atoms with Crippen molar-refractivity contribution in [1.82, 2.24) is 0 Å². The van der Waals surface area contributed by atoms with Crippen LogP contribution in [0.5, 0.6) is 0 Å². The Morgan fingerprint density at radius 1 is 0.821 bits per heavy atom. The van der Waals surface area contributed by atoms with Gasteiger partial charge in [0.2, 0.25) is 5.91 Å². The summed E-state index contributed by atoms with van der Waals surface area (Å²) in [5.41, 5.74) is 3.67. The second kappa shape index (κ2) is 9.38. The molecule has 0 aliphatic carbocycles. The molecule has 0 bridgehead atoms. The Balaban J connectivity index is 1.60. The van der Waals surface area contributed by atoms with Gasteiger partial charge in [0.25, 0.3) is 0 Å². The fraction of sp³-hybridized carbons (Fsp3) is 0.167. The highest BCUT2D eigenvalue weighted by Gasteiger charge is 2.12. The number of carbonyl (C=O) groups excluding carboxylic acids is 2. The van der Waals surface area contributed by atoms with Crippen molar-refractivity contribution in [3.8, 4) is 0 Å². The second-order valence-corrected chi connectivity index (χ2v) is 7.80. The molecule has 1 amide bonds. The van der Waals surface area contributed by atoms with E-state index in [0.29, 0.717) is 5.56 Å². The van der Waals surface area contributed by atoms with Gasteiger partial charge in [0.05, 0.1) is 5.69 Å². The van der Waals surface area contributed by atoms with Crippen molar-refractivity contribution in [3.05, 3.63) is 89.5 Å². The van der Waals surface area contributed by atoms with Crippen molar-refractivity contribution in [2.24, 2.45) is 0 Å². The Labute approximate surface area is 170 Å². The largest absolute Gasteiger partial charge is 0.325 e. The fourth-order valence-electron chi connectivity index (χ4n) is 2.77. The molecule has 3 aromatic carbocycles. The molecule has 3 rings (SSSR count). The van der Waals surface area contributed by atoms with Gasteiger partial charge in [-0.15, -0.1) is 0 Å². The van der Waals surface area contributed by atoms with Crippen LogP contribution in [-0.4, -0.2) is 11.7 Å². The number of rotatable bonds is 7. The van der Waals surface area contributed by atoms with E-state index in [2.05, 4.69) is 5.32 Å². The van der Waals surface area contributed by atoms with Crippen LogP contribution in [0, 0.1) is 13.8 Å². The van der Waals surface area contributed by atoms with Gasteiger partial charge in [0, 0.05) is 28.2 Å². The van der Waals surface area contributed by atoms with Crippen LogP contribution in [-0.2, 0) is 4.79 Å². The molecule has 0 radical (unpaired) electrons. The van der Waals surface area contributed by atoms with Crippen LogP contribution in [0.2, 0.25) is 0 Å². The van der Waals surface area contributed by atoms with Crippen molar-refractivity contribution < 1.29 is 9.59 Å². The first-order valence-corrected chi connectivity index (χ1v) is 10.1. The van der Waals surface area contributed by atoms with E-state index in [1.54, 1.807) is 11.8 Å². The van der Waals surface area contributed by atoms with Crippen LogP contribution >= 0.6 is 11.8 Å². The Kier molecular flexibility index (Phi) is 6.66. The van der Waals surface area contributed by atoms with Crippen molar-refractivity contribution in [1.29, 1.82) is 0 Å². The number of hydrogen-bond acceptors (Lipinski definition) is 3. The average molecular weight is 390 g/mol. The fourth-order valence-corrected chi connectivity index (χ4v) is 3.70. The zero-order valence-corrected chi connectivity index (χ0v) is 16.9. The van der Waals surface area contributed by atoms with Gasteiger partial charge in [-0.25, -0.2) is 0 Å². The summed E-state index contributed by atoms with van der Waals surface area (Å²) >= 11 is 1.60. The molecular weight excluding hydrogens is 366 g/mol. The van der Waals surface area contributed by atoms with Crippen LogP contribution in [0.1, 0.15) is 34.3 Å². The molecule has 3 aromatic rings. The molecule has 142 valence electrons. The Hall–Kier alpha value is -2.85. The van der Waals surface area contributed by atoms with Gasteiger partial charge in [-0.05, 0) is 55.3 Å². The minimum absolute atomic E-state index is 0.00908. The number of nitrogens with one attached hydrogen (secondary N) is 1. The molecule has 0 atom stereocenters. The number of ketones is 1. The maximum atomic E-state index is 12.4. The molecule has 28 heavy (non-hydrogen) atoms. The molecule has 4 heteroatoms. The first-order chi connectivity index (χ1) is 13.5.